The van der Waals surface area contributed by atoms with E-state index in [0.717, 1.165) is 5.56 Å². The van der Waals surface area contributed by atoms with E-state index in [9.17, 15) is 9.59 Å². The van der Waals surface area contributed by atoms with Gasteiger partial charge in [0.15, 0.2) is 4.80 Å². The second-order valence-electron chi connectivity index (χ2n) is 7.76. The van der Waals surface area contributed by atoms with Crippen LogP contribution >= 0.6 is 11.3 Å². The molecular formula is C26H21N3O3S. The van der Waals surface area contributed by atoms with E-state index in [2.05, 4.69) is 10.3 Å². The number of thiazole rings is 1. The molecule has 0 saturated carbocycles. The average Bonchev–Trinajstić information content (AvgIpc) is 3.37. The molecule has 1 aliphatic heterocycles. The van der Waals surface area contributed by atoms with Crippen molar-refractivity contribution in [2.75, 3.05) is 5.32 Å². The van der Waals surface area contributed by atoms with Crippen LogP contribution in [0.15, 0.2) is 98.3 Å². The van der Waals surface area contributed by atoms with E-state index in [1.54, 1.807) is 11.5 Å². The highest BCUT2D eigenvalue weighted by molar-refractivity contribution is 7.07. The molecule has 5 rings (SSSR count). The Morgan fingerprint density at radius 2 is 1.73 bits per heavy atom. The summed E-state index contributed by atoms with van der Waals surface area (Å²) in [6.45, 7) is 3.62. The van der Waals surface area contributed by atoms with Gasteiger partial charge in [0, 0.05) is 5.69 Å². The molecule has 7 heteroatoms. The fourth-order valence-electron chi connectivity index (χ4n) is 3.90. The maximum Gasteiger partial charge on any atom is 0.271 e. The van der Waals surface area contributed by atoms with Crippen molar-refractivity contribution >= 4 is 29.0 Å². The largest absolute Gasteiger partial charge is 0.464 e. The Labute approximate surface area is 193 Å². The van der Waals surface area contributed by atoms with E-state index < -0.39 is 6.04 Å². The number of hydrogen-bond acceptors (Lipinski definition) is 5. The minimum absolute atomic E-state index is 0.209. The number of rotatable bonds is 4. The number of para-hydroxylation sites is 1. The third-order valence-electron chi connectivity index (χ3n) is 5.43. The number of furan rings is 1. The van der Waals surface area contributed by atoms with Gasteiger partial charge in [-0.2, -0.15) is 0 Å². The van der Waals surface area contributed by atoms with Crippen molar-refractivity contribution in [2.45, 2.75) is 19.9 Å². The molecule has 1 amide bonds. The van der Waals surface area contributed by atoms with Crippen LogP contribution in [0.4, 0.5) is 5.69 Å². The van der Waals surface area contributed by atoms with Crippen LogP contribution in [-0.4, -0.2) is 10.5 Å². The SMILES string of the molecule is CC1=C(C(=O)Nc2ccccc2)[C@@H](c2ccc(C)o2)n2c(sc(=Cc3ccccc3)c2=O)=N1. The molecule has 33 heavy (non-hydrogen) atoms. The van der Waals surface area contributed by atoms with Crippen molar-refractivity contribution in [3.63, 3.8) is 0 Å². The van der Waals surface area contributed by atoms with E-state index in [1.807, 2.05) is 85.8 Å². The number of amides is 1. The molecule has 0 saturated heterocycles. The number of fused-ring (bicyclic) bond motifs is 1. The summed E-state index contributed by atoms with van der Waals surface area (Å²) in [5, 5.41) is 2.93. The Hall–Kier alpha value is -3.97. The molecule has 2 aromatic heterocycles. The van der Waals surface area contributed by atoms with Gasteiger partial charge < -0.3 is 9.73 Å². The average molecular weight is 456 g/mol. The van der Waals surface area contributed by atoms with Crippen LogP contribution in [0, 0.1) is 6.92 Å². The summed E-state index contributed by atoms with van der Waals surface area (Å²) in [6.07, 6.45) is 1.84. The van der Waals surface area contributed by atoms with E-state index in [4.69, 9.17) is 4.42 Å². The smallest absolute Gasteiger partial charge is 0.271 e. The molecule has 0 unspecified atom stereocenters. The minimum atomic E-state index is -0.711. The van der Waals surface area contributed by atoms with E-state index >= 15 is 0 Å². The second kappa shape index (κ2) is 8.52. The van der Waals surface area contributed by atoms with Gasteiger partial charge >= 0.3 is 0 Å². The number of benzene rings is 2. The topological polar surface area (TPSA) is 76.6 Å². The first kappa shape index (κ1) is 20.9. The number of aryl methyl sites for hydroxylation is 1. The van der Waals surface area contributed by atoms with Crippen molar-refractivity contribution in [1.29, 1.82) is 0 Å². The van der Waals surface area contributed by atoms with Crippen LogP contribution in [0.3, 0.4) is 0 Å². The third-order valence-corrected chi connectivity index (χ3v) is 6.41. The summed E-state index contributed by atoms with van der Waals surface area (Å²) in [5.74, 6) is 0.903. The second-order valence-corrected chi connectivity index (χ2v) is 8.77. The molecule has 6 nitrogen and oxygen atoms in total. The van der Waals surface area contributed by atoms with Crippen molar-refractivity contribution in [3.05, 3.63) is 121 Å². The van der Waals surface area contributed by atoms with Gasteiger partial charge in [-0.3, -0.25) is 14.2 Å². The van der Waals surface area contributed by atoms with Gasteiger partial charge in [0.2, 0.25) is 0 Å². The summed E-state index contributed by atoms with van der Waals surface area (Å²) in [6, 6.07) is 21.8. The highest BCUT2D eigenvalue weighted by Gasteiger charge is 2.34. The van der Waals surface area contributed by atoms with Crippen molar-refractivity contribution in [3.8, 4) is 0 Å². The van der Waals surface area contributed by atoms with Crippen LogP contribution in [0.5, 0.6) is 0 Å². The van der Waals surface area contributed by atoms with E-state index in [0.29, 0.717) is 37.8 Å². The van der Waals surface area contributed by atoms with Crippen molar-refractivity contribution < 1.29 is 9.21 Å². The molecule has 0 spiro atoms. The van der Waals surface area contributed by atoms with Crippen molar-refractivity contribution in [1.82, 2.24) is 4.57 Å². The zero-order chi connectivity index (χ0) is 22.9. The van der Waals surface area contributed by atoms with Gasteiger partial charge in [0.05, 0.1) is 15.8 Å². The molecule has 164 valence electrons. The summed E-state index contributed by atoms with van der Waals surface area (Å²) in [5.41, 5.74) is 2.31. The zero-order valence-electron chi connectivity index (χ0n) is 18.1. The van der Waals surface area contributed by atoms with Gasteiger partial charge in [-0.1, -0.05) is 59.9 Å². The number of anilines is 1. The summed E-state index contributed by atoms with van der Waals surface area (Å²) in [4.78, 5) is 32.1. The lowest BCUT2D eigenvalue weighted by molar-refractivity contribution is -0.113. The Bertz CT molecular complexity index is 1540. The number of hydrogen-bond donors (Lipinski definition) is 1. The standard InChI is InChI=1S/C26H21N3O3S/c1-16-13-14-20(32-16)23-22(24(30)28-19-11-7-4-8-12-19)17(2)27-26-29(23)25(31)21(33-26)15-18-9-5-3-6-10-18/h3-15,23H,1-2H3,(H,28,30)/t23-/m1/s1. The highest BCUT2D eigenvalue weighted by atomic mass is 32.1. The number of allylic oxidation sites excluding steroid dienone is 1. The number of nitrogens with one attached hydrogen (secondary N) is 1. The molecule has 0 bridgehead atoms. The number of carbonyl (C=O) groups is 1. The summed E-state index contributed by atoms with van der Waals surface area (Å²) < 4.78 is 8.03. The first-order chi connectivity index (χ1) is 16.0. The summed E-state index contributed by atoms with van der Waals surface area (Å²) in [7, 11) is 0. The lowest BCUT2D eigenvalue weighted by Gasteiger charge is -2.23. The van der Waals surface area contributed by atoms with Gasteiger partial charge in [-0.15, -0.1) is 0 Å². The normalized spacial score (nSPS) is 15.8. The Balaban J connectivity index is 1.67. The third kappa shape index (κ3) is 3.99. The van der Waals surface area contributed by atoms with Crippen LogP contribution in [0.2, 0.25) is 0 Å². The molecule has 2 aromatic carbocycles. The minimum Gasteiger partial charge on any atom is -0.464 e. The molecule has 3 heterocycles. The quantitative estimate of drug-likeness (QED) is 0.509. The molecule has 4 aromatic rings. The van der Waals surface area contributed by atoms with Gasteiger partial charge in [-0.05, 0) is 49.8 Å². The summed E-state index contributed by atoms with van der Waals surface area (Å²) >= 11 is 1.30. The molecule has 1 N–H and O–H groups in total. The molecule has 0 fully saturated rings. The maximum atomic E-state index is 13.5. The molecular weight excluding hydrogens is 434 g/mol. The van der Waals surface area contributed by atoms with Gasteiger partial charge in [-0.25, -0.2) is 4.99 Å². The monoisotopic (exact) mass is 455 g/mol. The number of aromatic nitrogens is 1. The Morgan fingerprint density at radius 1 is 1.03 bits per heavy atom. The molecule has 1 atom stereocenters. The Kier molecular flexibility index (Phi) is 5.40. The first-order valence-electron chi connectivity index (χ1n) is 10.5. The highest BCUT2D eigenvalue weighted by Crippen LogP contribution is 2.31. The molecule has 0 radical (unpaired) electrons. The Morgan fingerprint density at radius 3 is 2.39 bits per heavy atom. The van der Waals surface area contributed by atoms with Crippen molar-refractivity contribution in [2.24, 2.45) is 4.99 Å². The first-order valence-corrected chi connectivity index (χ1v) is 11.3. The van der Waals surface area contributed by atoms with Gasteiger partial charge in [0.1, 0.15) is 17.6 Å². The lowest BCUT2D eigenvalue weighted by atomic mass is 10.00. The lowest BCUT2D eigenvalue weighted by Crippen LogP contribution is -2.40. The predicted molar refractivity (Wildman–Crippen MR) is 129 cm³/mol. The van der Waals surface area contributed by atoms with Gasteiger partial charge in [0.25, 0.3) is 11.5 Å². The zero-order valence-corrected chi connectivity index (χ0v) is 18.9. The van der Waals surface area contributed by atoms with Crippen LogP contribution in [0.1, 0.15) is 30.0 Å². The maximum absolute atomic E-state index is 13.5. The fourth-order valence-corrected chi connectivity index (χ4v) is 4.95. The van der Waals surface area contributed by atoms with Crippen LogP contribution < -0.4 is 20.2 Å². The van der Waals surface area contributed by atoms with E-state index in [-0.39, 0.29) is 11.5 Å². The molecule has 1 aliphatic rings. The molecule has 0 aliphatic carbocycles. The van der Waals surface area contributed by atoms with Crippen LogP contribution in [0.25, 0.3) is 6.08 Å². The number of carbonyl (C=O) groups excluding carboxylic acids is 1. The predicted octanol–water partition coefficient (Wildman–Crippen LogP) is 3.78. The van der Waals surface area contributed by atoms with Crippen LogP contribution in [-0.2, 0) is 4.79 Å². The number of nitrogens with zero attached hydrogens (tertiary/aromatic N) is 2. The fraction of sp³-hybridized carbons (Fsp3) is 0.115. The van der Waals surface area contributed by atoms with E-state index in [1.165, 1.54) is 11.3 Å².